The Morgan fingerprint density at radius 3 is 2.89 bits per heavy atom. The molecule has 0 spiro atoms. The maximum absolute atomic E-state index is 12.8. The Kier molecular flexibility index (Phi) is 5.81. The molecule has 2 amide bonds. The van der Waals surface area contributed by atoms with E-state index in [4.69, 9.17) is 4.74 Å². The number of carbonyl (C=O) groups is 2. The van der Waals surface area contributed by atoms with Gasteiger partial charge >= 0.3 is 0 Å². The van der Waals surface area contributed by atoms with Gasteiger partial charge in [-0.3, -0.25) is 9.59 Å². The van der Waals surface area contributed by atoms with Crippen molar-refractivity contribution < 1.29 is 14.3 Å². The predicted octanol–water partition coefficient (Wildman–Crippen LogP) is 2.50. The van der Waals surface area contributed by atoms with Crippen molar-refractivity contribution in [3.05, 3.63) is 59.8 Å². The molecule has 1 N–H and O–H groups in total. The number of nitrogens with zero attached hydrogens (tertiary/aromatic N) is 2. The van der Waals surface area contributed by atoms with Crippen LogP contribution in [-0.4, -0.2) is 51.9 Å². The number of thioether (sulfide) groups is 1. The summed E-state index contributed by atoms with van der Waals surface area (Å²) in [7, 11) is 0. The lowest BCUT2D eigenvalue weighted by atomic mass is 10.2. The highest BCUT2D eigenvalue weighted by Gasteiger charge is 2.31. The summed E-state index contributed by atoms with van der Waals surface area (Å²) in [5.41, 5.74) is 1.51. The normalized spacial score (nSPS) is 21.7. The van der Waals surface area contributed by atoms with E-state index in [-0.39, 0.29) is 24.0 Å². The van der Waals surface area contributed by atoms with E-state index in [9.17, 15) is 9.59 Å². The van der Waals surface area contributed by atoms with Crippen LogP contribution in [-0.2, 0) is 11.3 Å². The number of aromatic nitrogens is 1. The Hall–Kier alpha value is -2.54. The monoisotopic (exact) mass is 397 g/mol. The molecule has 2 aromatic rings. The lowest BCUT2D eigenvalue weighted by Gasteiger charge is -2.18. The molecule has 1 aromatic carbocycles. The molecule has 6 nitrogen and oxygen atoms in total. The average Bonchev–Trinajstić information content (AvgIpc) is 3.33. The van der Waals surface area contributed by atoms with Crippen LogP contribution in [0.4, 0.5) is 0 Å². The minimum Gasteiger partial charge on any atom is -0.473 e. The third-order valence-electron chi connectivity index (χ3n) is 4.95. The van der Waals surface area contributed by atoms with E-state index < -0.39 is 0 Å². The maximum atomic E-state index is 12.8. The first-order valence-corrected chi connectivity index (χ1v) is 10.7. The molecule has 0 saturated carbocycles. The Morgan fingerprint density at radius 2 is 2.11 bits per heavy atom. The Labute approximate surface area is 168 Å². The summed E-state index contributed by atoms with van der Waals surface area (Å²) < 4.78 is 5.94. The van der Waals surface area contributed by atoms with E-state index in [2.05, 4.69) is 10.3 Å². The first-order valence-electron chi connectivity index (χ1n) is 9.51. The standard InChI is InChI=1S/C21H23N3O3S/c25-19-11-16(13-24(19)12-15-5-2-1-3-6-15)23-20(26)18-7-4-9-22-21(18)27-17-8-10-28-14-17/h1-7,9,16-17H,8,10-14H2,(H,23,26). The fourth-order valence-corrected chi connectivity index (χ4v) is 4.60. The third-order valence-corrected chi connectivity index (χ3v) is 6.08. The lowest BCUT2D eigenvalue weighted by molar-refractivity contribution is -0.128. The second kappa shape index (κ2) is 8.65. The molecule has 0 bridgehead atoms. The molecule has 2 atom stereocenters. The van der Waals surface area contributed by atoms with Gasteiger partial charge in [-0.15, -0.1) is 0 Å². The second-order valence-electron chi connectivity index (χ2n) is 7.09. The Balaban J connectivity index is 1.38. The van der Waals surface area contributed by atoms with Gasteiger partial charge in [-0.05, 0) is 29.9 Å². The first kappa shape index (κ1) is 18.8. The van der Waals surface area contributed by atoms with Crippen molar-refractivity contribution in [2.75, 3.05) is 18.1 Å². The van der Waals surface area contributed by atoms with Gasteiger partial charge in [-0.1, -0.05) is 30.3 Å². The molecule has 2 unspecified atom stereocenters. The molecule has 28 heavy (non-hydrogen) atoms. The van der Waals surface area contributed by atoms with Gasteiger partial charge in [0.2, 0.25) is 11.8 Å². The van der Waals surface area contributed by atoms with Crippen LogP contribution in [0.3, 0.4) is 0 Å². The number of amides is 2. The molecule has 146 valence electrons. The van der Waals surface area contributed by atoms with Crippen LogP contribution in [0.2, 0.25) is 0 Å². The average molecular weight is 398 g/mol. The number of nitrogens with one attached hydrogen (secondary N) is 1. The van der Waals surface area contributed by atoms with Gasteiger partial charge in [-0.2, -0.15) is 11.8 Å². The number of carbonyl (C=O) groups excluding carboxylic acids is 2. The summed E-state index contributed by atoms with van der Waals surface area (Å²) in [6.07, 6.45) is 3.01. The van der Waals surface area contributed by atoms with Crippen LogP contribution < -0.4 is 10.1 Å². The highest BCUT2D eigenvalue weighted by Crippen LogP contribution is 2.24. The largest absolute Gasteiger partial charge is 0.473 e. The number of pyridine rings is 1. The van der Waals surface area contributed by atoms with Gasteiger partial charge in [0.25, 0.3) is 5.91 Å². The molecule has 2 aliphatic rings. The topological polar surface area (TPSA) is 71.5 Å². The second-order valence-corrected chi connectivity index (χ2v) is 8.24. The highest BCUT2D eigenvalue weighted by atomic mass is 32.2. The zero-order chi connectivity index (χ0) is 19.3. The van der Waals surface area contributed by atoms with Crippen LogP contribution in [0.5, 0.6) is 5.88 Å². The van der Waals surface area contributed by atoms with Gasteiger partial charge < -0.3 is 15.0 Å². The van der Waals surface area contributed by atoms with Gasteiger partial charge in [0.1, 0.15) is 11.7 Å². The van der Waals surface area contributed by atoms with Crippen LogP contribution in [0.1, 0.15) is 28.8 Å². The minimum atomic E-state index is -0.242. The smallest absolute Gasteiger partial charge is 0.257 e. The summed E-state index contributed by atoms with van der Waals surface area (Å²) in [6, 6.07) is 13.1. The fraction of sp³-hybridized carbons (Fsp3) is 0.381. The van der Waals surface area contributed by atoms with Crippen LogP contribution in [0.15, 0.2) is 48.7 Å². The molecule has 2 saturated heterocycles. The molecule has 0 radical (unpaired) electrons. The van der Waals surface area contributed by atoms with E-state index in [1.54, 1.807) is 23.2 Å². The third kappa shape index (κ3) is 4.47. The van der Waals surface area contributed by atoms with Crippen molar-refractivity contribution in [3.8, 4) is 5.88 Å². The van der Waals surface area contributed by atoms with Crippen molar-refractivity contribution >= 4 is 23.6 Å². The molecule has 1 aromatic heterocycles. The quantitative estimate of drug-likeness (QED) is 0.811. The molecule has 7 heteroatoms. The number of hydrogen-bond donors (Lipinski definition) is 1. The summed E-state index contributed by atoms with van der Waals surface area (Å²) >= 11 is 1.85. The number of rotatable bonds is 6. The van der Waals surface area contributed by atoms with Gasteiger partial charge in [0, 0.05) is 31.5 Å². The van der Waals surface area contributed by atoms with E-state index >= 15 is 0 Å². The van der Waals surface area contributed by atoms with E-state index in [1.807, 2.05) is 42.1 Å². The zero-order valence-electron chi connectivity index (χ0n) is 15.5. The SMILES string of the molecule is O=C(NC1CC(=O)N(Cc2ccccc2)C1)c1cccnc1OC1CCSC1. The van der Waals surface area contributed by atoms with Crippen LogP contribution in [0, 0.1) is 0 Å². The van der Waals surface area contributed by atoms with Gasteiger partial charge in [0.15, 0.2) is 0 Å². The number of likely N-dealkylation sites (tertiary alicyclic amines) is 1. The van der Waals surface area contributed by atoms with Gasteiger partial charge in [-0.25, -0.2) is 4.98 Å². The number of hydrogen-bond acceptors (Lipinski definition) is 5. The summed E-state index contributed by atoms with van der Waals surface area (Å²) in [4.78, 5) is 31.2. The maximum Gasteiger partial charge on any atom is 0.257 e. The van der Waals surface area contributed by atoms with Gasteiger partial charge in [0.05, 0.1) is 6.04 Å². The van der Waals surface area contributed by atoms with E-state index in [1.165, 1.54) is 0 Å². The summed E-state index contributed by atoms with van der Waals surface area (Å²) in [6.45, 7) is 1.07. The van der Waals surface area contributed by atoms with Crippen molar-refractivity contribution in [3.63, 3.8) is 0 Å². The summed E-state index contributed by atoms with van der Waals surface area (Å²) in [5.74, 6) is 2.18. The molecule has 4 rings (SSSR count). The van der Waals surface area contributed by atoms with E-state index in [0.717, 1.165) is 23.5 Å². The highest BCUT2D eigenvalue weighted by molar-refractivity contribution is 7.99. The zero-order valence-corrected chi connectivity index (χ0v) is 16.4. The molecule has 3 heterocycles. The van der Waals surface area contributed by atoms with Crippen LogP contribution >= 0.6 is 11.8 Å². The van der Waals surface area contributed by atoms with Crippen molar-refractivity contribution in [2.45, 2.75) is 31.5 Å². The predicted molar refractivity (Wildman–Crippen MR) is 108 cm³/mol. The van der Waals surface area contributed by atoms with Crippen LogP contribution in [0.25, 0.3) is 0 Å². The number of ether oxygens (including phenoxy) is 1. The fourth-order valence-electron chi connectivity index (χ4n) is 3.51. The molecule has 0 aliphatic carbocycles. The lowest BCUT2D eigenvalue weighted by Crippen LogP contribution is -2.37. The Bertz CT molecular complexity index is 840. The van der Waals surface area contributed by atoms with Crippen molar-refractivity contribution in [1.29, 1.82) is 0 Å². The number of benzene rings is 1. The molecule has 2 fully saturated rings. The molecular weight excluding hydrogens is 374 g/mol. The Morgan fingerprint density at radius 1 is 1.25 bits per heavy atom. The molecule has 2 aliphatic heterocycles. The van der Waals surface area contributed by atoms with Crippen molar-refractivity contribution in [2.24, 2.45) is 0 Å². The van der Waals surface area contributed by atoms with Crippen molar-refractivity contribution in [1.82, 2.24) is 15.2 Å². The molecular formula is C21H23N3O3S. The summed E-state index contributed by atoms with van der Waals surface area (Å²) in [5, 5.41) is 2.98. The minimum absolute atomic E-state index is 0.0554. The van der Waals surface area contributed by atoms with E-state index in [0.29, 0.717) is 31.0 Å². The first-order chi connectivity index (χ1) is 13.7.